The molecule has 2 aromatic rings. The van der Waals surface area contributed by atoms with Crippen molar-refractivity contribution in [1.29, 1.82) is 5.26 Å². The van der Waals surface area contributed by atoms with Crippen molar-refractivity contribution in [1.82, 2.24) is 0 Å². The predicted molar refractivity (Wildman–Crippen MR) is 96.0 cm³/mol. The molecule has 0 amide bonds. The van der Waals surface area contributed by atoms with E-state index in [1.165, 1.54) is 12.1 Å². The number of rotatable bonds is 3. The number of hydrogen-bond acceptors (Lipinski definition) is 2. The molecule has 0 saturated heterocycles. The first kappa shape index (κ1) is 18.4. The molecule has 2 nitrogen and oxygen atoms in total. The van der Waals surface area contributed by atoms with Gasteiger partial charge in [0.05, 0.1) is 5.56 Å². The highest BCUT2D eigenvalue weighted by Crippen LogP contribution is 2.32. The molecular formula is C21H12F4N2. The van der Waals surface area contributed by atoms with Gasteiger partial charge in [-0.25, -0.2) is 4.39 Å². The van der Waals surface area contributed by atoms with Crippen LogP contribution < -0.4 is 0 Å². The van der Waals surface area contributed by atoms with Crippen LogP contribution in [0, 0.1) is 24.1 Å². The van der Waals surface area contributed by atoms with E-state index in [1.54, 1.807) is 18.2 Å². The van der Waals surface area contributed by atoms with Crippen molar-refractivity contribution < 1.29 is 17.6 Å². The second kappa shape index (κ2) is 7.06. The van der Waals surface area contributed by atoms with E-state index in [-0.39, 0.29) is 11.3 Å². The first-order valence-corrected chi connectivity index (χ1v) is 7.88. The summed E-state index contributed by atoms with van der Waals surface area (Å²) in [6.45, 7) is 1.87. The van der Waals surface area contributed by atoms with Gasteiger partial charge in [0.15, 0.2) is 5.70 Å². The summed E-state index contributed by atoms with van der Waals surface area (Å²) < 4.78 is 51.9. The molecule has 1 aliphatic rings. The van der Waals surface area contributed by atoms with E-state index >= 15 is 0 Å². The van der Waals surface area contributed by atoms with E-state index < -0.39 is 17.6 Å². The Bertz CT molecular complexity index is 1080. The summed E-state index contributed by atoms with van der Waals surface area (Å²) >= 11 is 0. The van der Waals surface area contributed by atoms with Gasteiger partial charge in [0, 0.05) is 11.6 Å². The van der Waals surface area contributed by atoms with Crippen LogP contribution in [0.1, 0.15) is 27.8 Å². The Hall–Kier alpha value is -3.42. The average Bonchev–Trinajstić information content (AvgIpc) is 3.08. The van der Waals surface area contributed by atoms with Crippen molar-refractivity contribution in [3.8, 4) is 6.07 Å². The van der Waals surface area contributed by atoms with Crippen LogP contribution in [0.2, 0.25) is 0 Å². The smallest absolute Gasteiger partial charge is 0.206 e. The quantitative estimate of drug-likeness (QED) is 0.498. The minimum atomic E-state index is -4.75. The summed E-state index contributed by atoms with van der Waals surface area (Å²) in [5, 5.41) is 9.10. The molecule has 2 aromatic carbocycles. The number of benzene rings is 2. The third-order valence-electron chi connectivity index (χ3n) is 3.92. The van der Waals surface area contributed by atoms with E-state index in [4.69, 9.17) is 5.26 Å². The van der Waals surface area contributed by atoms with Gasteiger partial charge in [-0.3, -0.25) is 0 Å². The van der Waals surface area contributed by atoms with Gasteiger partial charge in [-0.15, -0.1) is 0 Å². The van der Waals surface area contributed by atoms with Crippen LogP contribution in [0.3, 0.4) is 0 Å². The van der Waals surface area contributed by atoms with Gasteiger partial charge in [-0.1, -0.05) is 30.4 Å². The largest absolute Gasteiger partial charge is 0.419 e. The van der Waals surface area contributed by atoms with E-state index in [9.17, 15) is 17.6 Å². The Balaban J connectivity index is 1.96. The van der Waals surface area contributed by atoms with Crippen LogP contribution in [0.4, 0.5) is 17.6 Å². The van der Waals surface area contributed by atoms with Crippen LogP contribution in [-0.4, -0.2) is 5.87 Å². The van der Waals surface area contributed by atoms with Crippen molar-refractivity contribution in [2.75, 3.05) is 0 Å². The highest BCUT2D eigenvalue weighted by molar-refractivity contribution is 5.91. The fourth-order valence-electron chi connectivity index (χ4n) is 2.72. The minimum absolute atomic E-state index is 0.229. The lowest BCUT2D eigenvalue weighted by atomic mass is 9.98. The normalized spacial score (nSPS) is 13.6. The standard InChI is InChI=1S/C21H12F4N2/c1-13-8-15(10-16(9-13)17-6-7-27-20(17)12-26)3-2-14-4-5-19(22)18(11-14)21(23,24)25/h2-6,8-11H,1H3/b3-2+. The molecule has 0 bridgehead atoms. The van der Waals surface area contributed by atoms with Crippen molar-refractivity contribution in [3.05, 3.63) is 81.8 Å². The topological polar surface area (TPSA) is 36.1 Å². The lowest BCUT2D eigenvalue weighted by Crippen LogP contribution is -2.08. The predicted octanol–water partition coefficient (Wildman–Crippen LogP) is 5.80. The summed E-state index contributed by atoms with van der Waals surface area (Å²) in [4.78, 5) is 3.86. The Kier molecular flexibility index (Phi) is 4.81. The Morgan fingerprint density at radius 1 is 1.07 bits per heavy atom. The summed E-state index contributed by atoms with van der Waals surface area (Å²) in [5.74, 6) is 1.33. The van der Waals surface area contributed by atoms with Gasteiger partial charge < -0.3 is 0 Å². The lowest BCUT2D eigenvalue weighted by Gasteiger charge is -2.08. The average molecular weight is 368 g/mol. The number of aryl methyl sites for hydroxylation is 1. The number of nitriles is 1. The number of halogens is 4. The van der Waals surface area contributed by atoms with Crippen LogP contribution in [0.15, 0.2) is 53.2 Å². The molecule has 1 heterocycles. The molecule has 6 heteroatoms. The van der Waals surface area contributed by atoms with Crippen LogP contribution in [-0.2, 0) is 6.18 Å². The Labute approximate surface area is 153 Å². The lowest BCUT2D eigenvalue weighted by molar-refractivity contribution is -0.140. The van der Waals surface area contributed by atoms with Gasteiger partial charge in [0.25, 0.3) is 0 Å². The highest BCUT2D eigenvalue weighted by Gasteiger charge is 2.33. The third kappa shape index (κ3) is 4.05. The maximum absolute atomic E-state index is 13.4. The highest BCUT2D eigenvalue weighted by atomic mass is 19.4. The molecular weight excluding hydrogens is 356 g/mol. The molecule has 27 heavy (non-hydrogen) atoms. The fourth-order valence-corrected chi connectivity index (χ4v) is 2.72. The summed E-state index contributed by atoms with van der Waals surface area (Å²) in [6, 6.07) is 10.4. The molecule has 134 valence electrons. The molecule has 3 rings (SSSR count). The molecule has 0 unspecified atom stereocenters. The van der Waals surface area contributed by atoms with Crippen molar-refractivity contribution in [2.24, 2.45) is 4.99 Å². The molecule has 1 aliphatic heterocycles. The molecule has 0 atom stereocenters. The van der Waals surface area contributed by atoms with Crippen molar-refractivity contribution in [2.45, 2.75) is 13.1 Å². The zero-order valence-corrected chi connectivity index (χ0v) is 14.1. The SMILES string of the molecule is Cc1cc(/C=C/c2ccc(F)c(C(F)(F)F)c2)cc(C2=C(C#N)N=C=C2)c1. The summed E-state index contributed by atoms with van der Waals surface area (Å²) in [6.07, 6.45) is -0.0281. The fraction of sp³-hybridized carbons (Fsp3) is 0.0952. The maximum Gasteiger partial charge on any atom is 0.419 e. The zero-order chi connectivity index (χ0) is 19.6. The van der Waals surface area contributed by atoms with Gasteiger partial charge in [-0.05, 0) is 53.2 Å². The first-order chi connectivity index (χ1) is 12.8. The second-order valence-corrected chi connectivity index (χ2v) is 5.96. The number of hydrogen-bond donors (Lipinski definition) is 0. The molecule has 0 spiro atoms. The molecule has 0 saturated carbocycles. The molecule has 0 fully saturated rings. The zero-order valence-electron chi connectivity index (χ0n) is 14.1. The van der Waals surface area contributed by atoms with Gasteiger partial charge in [0.1, 0.15) is 11.9 Å². The third-order valence-corrected chi connectivity index (χ3v) is 3.92. The summed E-state index contributed by atoms with van der Waals surface area (Å²) in [5.41, 5.74) is 2.22. The monoisotopic (exact) mass is 368 g/mol. The first-order valence-electron chi connectivity index (χ1n) is 7.88. The maximum atomic E-state index is 13.4. The van der Waals surface area contributed by atoms with E-state index in [1.807, 2.05) is 25.1 Å². The van der Waals surface area contributed by atoms with Crippen LogP contribution in [0.25, 0.3) is 17.7 Å². The van der Waals surface area contributed by atoms with Crippen LogP contribution >= 0.6 is 0 Å². The minimum Gasteiger partial charge on any atom is -0.206 e. The summed E-state index contributed by atoms with van der Waals surface area (Å²) in [7, 11) is 0. The molecule has 0 N–H and O–H groups in total. The van der Waals surface area contributed by atoms with E-state index in [0.717, 1.165) is 28.8 Å². The van der Waals surface area contributed by atoms with Crippen LogP contribution in [0.5, 0.6) is 0 Å². The van der Waals surface area contributed by atoms with Gasteiger partial charge in [0.2, 0.25) is 0 Å². The number of allylic oxidation sites excluding steroid dienone is 3. The molecule has 0 aliphatic carbocycles. The molecule has 0 aromatic heterocycles. The number of alkyl halides is 3. The second-order valence-electron chi connectivity index (χ2n) is 5.96. The van der Waals surface area contributed by atoms with Gasteiger partial charge in [-0.2, -0.15) is 23.4 Å². The van der Waals surface area contributed by atoms with Crippen molar-refractivity contribution >= 4 is 23.6 Å². The number of nitrogens with zero attached hydrogens (tertiary/aromatic N) is 2. The van der Waals surface area contributed by atoms with E-state index in [2.05, 4.69) is 10.9 Å². The number of aliphatic imine (C=N–C) groups is 1. The Morgan fingerprint density at radius 2 is 1.81 bits per heavy atom. The molecule has 0 radical (unpaired) electrons. The van der Waals surface area contributed by atoms with Crippen molar-refractivity contribution in [3.63, 3.8) is 0 Å². The van der Waals surface area contributed by atoms with Gasteiger partial charge >= 0.3 is 6.18 Å². The Morgan fingerprint density at radius 3 is 2.52 bits per heavy atom. The van der Waals surface area contributed by atoms with E-state index in [0.29, 0.717) is 5.57 Å².